The molecule has 4 heterocycles. The number of thiazole rings is 1. The summed E-state index contributed by atoms with van der Waals surface area (Å²) in [5.74, 6) is 1.27. The molecule has 5 nitrogen and oxygen atoms in total. The SMILES string of the molecule is O=c1cc(N2CCC(c3nc4ccccc4s3)CC2)nc2ccccn12. The molecule has 1 aliphatic heterocycles. The zero-order valence-electron chi connectivity index (χ0n) is 14.2. The maximum atomic E-state index is 12.3. The van der Waals surface area contributed by atoms with Crippen LogP contribution in [0.3, 0.4) is 0 Å². The van der Waals surface area contributed by atoms with Gasteiger partial charge in [0.2, 0.25) is 0 Å². The first-order chi connectivity index (χ1) is 12.8. The number of aromatic nitrogens is 3. The second kappa shape index (κ2) is 6.21. The van der Waals surface area contributed by atoms with E-state index in [2.05, 4.69) is 28.1 Å². The molecule has 0 N–H and O–H groups in total. The van der Waals surface area contributed by atoms with E-state index in [9.17, 15) is 4.79 Å². The number of para-hydroxylation sites is 1. The number of benzene rings is 1. The molecule has 0 saturated carbocycles. The van der Waals surface area contributed by atoms with Crippen molar-refractivity contribution in [1.29, 1.82) is 0 Å². The van der Waals surface area contributed by atoms with Crippen molar-refractivity contribution in [2.45, 2.75) is 18.8 Å². The maximum absolute atomic E-state index is 12.3. The highest BCUT2D eigenvalue weighted by Gasteiger charge is 2.24. The Hall–Kier alpha value is -2.73. The van der Waals surface area contributed by atoms with E-state index >= 15 is 0 Å². The summed E-state index contributed by atoms with van der Waals surface area (Å²) in [4.78, 5) is 24.0. The van der Waals surface area contributed by atoms with Gasteiger partial charge in [-0.2, -0.15) is 0 Å². The van der Waals surface area contributed by atoms with Crippen molar-refractivity contribution < 1.29 is 0 Å². The van der Waals surface area contributed by atoms with Crippen LogP contribution in [0.1, 0.15) is 23.8 Å². The lowest BCUT2D eigenvalue weighted by Crippen LogP contribution is -2.34. The molecule has 0 spiro atoms. The van der Waals surface area contributed by atoms with Gasteiger partial charge in [-0.1, -0.05) is 18.2 Å². The zero-order chi connectivity index (χ0) is 17.5. The van der Waals surface area contributed by atoms with E-state index in [-0.39, 0.29) is 5.56 Å². The van der Waals surface area contributed by atoms with Gasteiger partial charge in [0.15, 0.2) is 0 Å². The van der Waals surface area contributed by atoms with Gasteiger partial charge in [0.05, 0.1) is 15.2 Å². The van der Waals surface area contributed by atoms with Gasteiger partial charge in [-0.3, -0.25) is 9.20 Å². The van der Waals surface area contributed by atoms with Gasteiger partial charge in [0.1, 0.15) is 11.5 Å². The first kappa shape index (κ1) is 15.5. The second-order valence-corrected chi connectivity index (χ2v) is 7.72. The predicted molar refractivity (Wildman–Crippen MR) is 105 cm³/mol. The summed E-state index contributed by atoms with van der Waals surface area (Å²) in [6.45, 7) is 1.80. The highest BCUT2D eigenvalue weighted by molar-refractivity contribution is 7.18. The highest BCUT2D eigenvalue weighted by Crippen LogP contribution is 2.34. The molecule has 1 aliphatic rings. The summed E-state index contributed by atoms with van der Waals surface area (Å²) in [6, 6.07) is 15.6. The summed E-state index contributed by atoms with van der Waals surface area (Å²) in [7, 11) is 0. The number of rotatable bonds is 2. The summed E-state index contributed by atoms with van der Waals surface area (Å²) in [6.07, 6.45) is 3.83. The fourth-order valence-electron chi connectivity index (χ4n) is 3.62. The van der Waals surface area contributed by atoms with Crippen molar-refractivity contribution >= 4 is 33.0 Å². The van der Waals surface area contributed by atoms with Crippen molar-refractivity contribution in [2.24, 2.45) is 0 Å². The molecular formula is C20H18N4OS. The van der Waals surface area contributed by atoms with Gasteiger partial charge in [0, 0.05) is 31.3 Å². The number of anilines is 1. The van der Waals surface area contributed by atoms with Crippen molar-refractivity contribution in [3.63, 3.8) is 0 Å². The van der Waals surface area contributed by atoms with E-state index < -0.39 is 0 Å². The number of nitrogens with zero attached hydrogens (tertiary/aromatic N) is 4. The minimum absolute atomic E-state index is 0.0288. The van der Waals surface area contributed by atoms with Crippen molar-refractivity contribution in [1.82, 2.24) is 14.4 Å². The van der Waals surface area contributed by atoms with Crippen LogP contribution in [0.25, 0.3) is 15.9 Å². The summed E-state index contributed by atoms with van der Waals surface area (Å²) in [5, 5.41) is 1.23. The van der Waals surface area contributed by atoms with Crippen molar-refractivity contribution in [2.75, 3.05) is 18.0 Å². The van der Waals surface area contributed by atoms with Gasteiger partial charge in [-0.25, -0.2) is 9.97 Å². The number of hydrogen-bond acceptors (Lipinski definition) is 5. The zero-order valence-corrected chi connectivity index (χ0v) is 15.0. The summed E-state index contributed by atoms with van der Waals surface area (Å²) >= 11 is 1.81. The Morgan fingerprint density at radius 3 is 2.65 bits per heavy atom. The molecule has 3 aromatic heterocycles. The molecule has 0 unspecified atom stereocenters. The quantitative estimate of drug-likeness (QED) is 0.546. The first-order valence-electron chi connectivity index (χ1n) is 8.87. The summed E-state index contributed by atoms with van der Waals surface area (Å²) in [5.41, 5.74) is 1.77. The molecule has 0 amide bonds. The molecule has 0 atom stereocenters. The minimum atomic E-state index is -0.0288. The molecule has 1 fully saturated rings. The van der Waals surface area contributed by atoms with E-state index in [0.717, 1.165) is 37.3 Å². The molecule has 4 aromatic rings. The van der Waals surface area contributed by atoms with Gasteiger partial charge in [-0.15, -0.1) is 11.3 Å². The van der Waals surface area contributed by atoms with Crippen LogP contribution in [0.4, 0.5) is 5.82 Å². The van der Waals surface area contributed by atoms with Crippen LogP contribution in [0.15, 0.2) is 59.5 Å². The number of fused-ring (bicyclic) bond motifs is 2. The Kier molecular flexibility index (Phi) is 3.71. The lowest BCUT2D eigenvalue weighted by Gasteiger charge is -2.31. The molecule has 0 bridgehead atoms. The van der Waals surface area contributed by atoms with Crippen LogP contribution < -0.4 is 10.5 Å². The van der Waals surface area contributed by atoms with Crippen LogP contribution in [0.5, 0.6) is 0 Å². The normalized spacial score (nSPS) is 15.8. The average molecular weight is 362 g/mol. The van der Waals surface area contributed by atoms with Crippen LogP contribution in [-0.2, 0) is 0 Å². The fraction of sp³-hybridized carbons (Fsp3) is 0.250. The van der Waals surface area contributed by atoms with E-state index in [0.29, 0.717) is 11.6 Å². The van der Waals surface area contributed by atoms with Crippen molar-refractivity contribution in [3.8, 4) is 0 Å². The van der Waals surface area contributed by atoms with E-state index in [4.69, 9.17) is 4.98 Å². The largest absolute Gasteiger partial charge is 0.356 e. The Labute approximate surface area is 154 Å². The second-order valence-electron chi connectivity index (χ2n) is 6.66. The van der Waals surface area contributed by atoms with Gasteiger partial charge in [0.25, 0.3) is 5.56 Å². The van der Waals surface area contributed by atoms with Crippen LogP contribution in [-0.4, -0.2) is 27.5 Å². The van der Waals surface area contributed by atoms with Gasteiger partial charge >= 0.3 is 0 Å². The molecule has 6 heteroatoms. The van der Waals surface area contributed by atoms with E-state index in [1.54, 1.807) is 28.0 Å². The molecule has 26 heavy (non-hydrogen) atoms. The average Bonchev–Trinajstić information content (AvgIpc) is 3.12. The van der Waals surface area contributed by atoms with Crippen LogP contribution in [0, 0.1) is 0 Å². The molecule has 130 valence electrons. The molecule has 5 rings (SSSR count). The number of hydrogen-bond donors (Lipinski definition) is 0. The monoisotopic (exact) mass is 362 g/mol. The molecule has 1 aromatic carbocycles. The van der Waals surface area contributed by atoms with E-state index in [1.165, 1.54) is 9.71 Å². The lowest BCUT2D eigenvalue weighted by molar-refractivity contribution is 0.501. The highest BCUT2D eigenvalue weighted by atomic mass is 32.1. The molecule has 0 aliphatic carbocycles. The number of pyridine rings is 1. The molecular weight excluding hydrogens is 344 g/mol. The molecule has 0 radical (unpaired) electrons. The van der Waals surface area contributed by atoms with E-state index in [1.807, 2.05) is 24.3 Å². The third-order valence-corrected chi connectivity index (χ3v) is 6.23. The Morgan fingerprint density at radius 1 is 1.00 bits per heavy atom. The Morgan fingerprint density at radius 2 is 1.81 bits per heavy atom. The predicted octanol–water partition coefficient (Wildman–Crippen LogP) is 3.69. The standard InChI is InChI=1S/C20H18N4OS/c25-19-13-18(22-17-7-3-4-10-24(17)19)23-11-8-14(9-12-23)20-21-15-5-1-2-6-16(15)26-20/h1-7,10,13-14H,8-9,11-12H2. The van der Waals surface area contributed by atoms with Gasteiger partial charge in [-0.05, 0) is 37.1 Å². The first-order valence-corrected chi connectivity index (χ1v) is 9.68. The maximum Gasteiger partial charge on any atom is 0.259 e. The number of piperidine rings is 1. The third-order valence-electron chi connectivity index (χ3n) is 5.04. The minimum Gasteiger partial charge on any atom is -0.356 e. The smallest absolute Gasteiger partial charge is 0.259 e. The third kappa shape index (κ3) is 2.66. The van der Waals surface area contributed by atoms with Gasteiger partial charge < -0.3 is 4.90 Å². The Balaban J connectivity index is 1.37. The topological polar surface area (TPSA) is 50.5 Å². The Bertz CT molecular complexity index is 1110. The van der Waals surface area contributed by atoms with Crippen LogP contribution in [0.2, 0.25) is 0 Å². The fourth-order valence-corrected chi connectivity index (χ4v) is 4.76. The van der Waals surface area contributed by atoms with Crippen LogP contribution >= 0.6 is 11.3 Å². The molecule has 1 saturated heterocycles. The lowest BCUT2D eigenvalue weighted by atomic mass is 9.97. The van der Waals surface area contributed by atoms with Crippen molar-refractivity contribution in [3.05, 3.63) is 70.1 Å². The summed E-state index contributed by atoms with van der Waals surface area (Å²) < 4.78 is 2.84.